The Labute approximate surface area is 188 Å². The summed E-state index contributed by atoms with van der Waals surface area (Å²) in [6, 6.07) is 15.7. The minimum atomic E-state index is -0.901. The van der Waals surface area contributed by atoms with Gasteiger partial charge in [-0.1, -0.05) is 41.9 Å². The van der Waals surface area contributed by atoms with Gasteiger partial charge in [0.15, 0.2) is 0 Å². The maximum Gasteiger partial charge on any atom is 0.337 e. The third-order valence-corrected chi connectivity index (χ3v) is 5.91. The van der Waals surface area contributed by atoms with Crippen LogP contribution in [0, 0.1) is 13.8 Å². The van der Waals surface area contributed by atoms with Gasteiger partial charge in [0.2, 0.25) is 0 Å². The molecule has 0 aliphatic carbocycles. The number of nitrogens with zero attached hydrogens (tertiary/aromatic N) is 1. The number of carboxylic acid groups (broad SMARTS) is 1. The van der Waals surface area contributed by atoms with Crippen molar-refractivity contribution in [3.05, 3.63) is 87.2 Å². The van der Waals surface area contributed by atoms with Crippen molar-refractivity contribution >= 4 is 17.6 Å². The minimum Gasteiger partial charge on any atom is -0.494 e. The van der Waals surface area contributed by atoms with E-state index in [1.807, 2.05) is 61.7 Å². The van der Waals surface area contributed by atoms with Gasteiger partial charge in [-0.15, -0.1) is 0 Å². The van der Waals surface area contributed by atoms with Gasteiger partial charge in [-0.2, -0.15) is 0 Å². The van der Waals surface area contributed by atoms with Crippen molar-refractivity contribution in [1.29, 1.82) is 0 Å². The summed E-state index contributed by atoms with van der Waals surface area (Å²) in [6.45, 7) is 8.25. The molecule has 6 heteroatoms. The van der Waals surface area contributed by atoms with Gasteiger partial charge in [-0.25, -0.2) is 4.79 Å². The fourth-order valence-electron chi connectivity index (χ4n) is 3.85. The number of carboxylic acids is 1. The quantitative estimate of drug-likeness (QED) is 0.423. The molecule has 0 spiro atoms. The van der Waals surface area contributed by atoms with Crippen LogP contribution in [0.2, 0.25) is 5.02 Å². The molecule has 1 heterocycles. The minimum absolute atomic E-state index is 0.373. The van der Waals surface area contributed by atoms with Crippen LogP contribution in [0.1, 0.15) is 45.4 Å². The second-order valence-electron chi connectivity index (χ2n) is 7.51. The molecule has 3 rings (SSSR count). The van der Waals surface area contributed by atoms with Crippen molar-refractivity contribution < 1.29 is 14.6 Å². The molecular formula is C25H29ClN2O3. The van der Waals surface area contributed by atoms with Crippen LogP contribution < -0.4 is 10.1 Å². The normalized spacial score (nSPS) is 11.0. The van der Waals surface area contributed by atoms with Crippen LogP contribution in [0.5, 0.6) is 5.75 Å². The number of rotatable bonds is 10. The lowest BCUT2D eigenvalue weighted by Crippen LogP contribution is -2.18. The Balaban J connectivity index is 1.70. The number of aromatic nitrogens is 1. The van der Waals surface area contributed by atoms with Gasteiger partial charge >= 0.3 is 5.97 Å². The third kappa shape index (κ3) is 5.49. The average Bonchev–Trinajstić information content (AvgIpc) is 2.98. The Morgan fingerprint density at radius 1 is 1.10 bits per heavy atom. The van der Waals surface area contributed by atoms with E-state index in [9.17, 15) is 9.90 Å². The van der Waals surface area contributed by atoms with E-state index in [4.69, 9.17) is 16.3 Å². The molecule has 2 N–H and O–H groups in total. The molecule has 0 atom stereocenters. The Morgan fingerprint density at radius 2 is 1.81 bits per heavy atom. The second kappa shape index (κ2) is 10.5. The number of halogens is 1. The van der Waals surface area contributed by atoms with Crippen molar-refractivity contribution in [3.8, 4) is 5.75 Å². The zero-order valence-corrected chi connectivity index (χ0v) is 19.0. The first-order valence-electron chi connectivity index (χ1n) is 10.5. The van der Waals surface area contributed by atoms with Crippen molar-refractivity contribution in [3.63, 3.8) is 0 Å². The molecule has 2 aromatic carbocycles. The molecule has 31 heavy (non-hydrogen) atoms. The molecule has 1 aromatic heterocycles. The lowest BCUT2D eigenvalue weighted by atomic mass is 10.1. The zero-order valence-electron chi connectivity index (χ0n) is 18.2. The topological polar surface area (TPSA) is 63.5 Å². The molecule has 0 amide bonds. The van der Waals surface area contributed by atoms with Gasteiger partial charge in [-0.3, -0.25) is 0 Å². The summed E-state index contributed by atoms with van der Waals surface area (Å²) in [6.07, 6.45) is 0.854. The summed E-state index contributed by atoms with van der Waals surface area (Å²) in [7, 11) is 0. The highest BCUT2D eigenvalue weighted by Gasteiger charge is 2.22. The molecule has 5 nitrogen and oxygen atoms in total. The second-order valence-corrected chi connectivity index (χ2v) is 7.92. The van der Waals surface area contributed by atoms with E-state index in [2.05, 4.69) is 17.4 Å². The molecule has 0 saturated carbocycles. The highest BCUT2D eigenvalue weighted by molar-refractivity contribution is 6.31. The van der Waals surface area contributed by atoms with Crippen LogP contribution in [0.25, 0.3) is 0 Å². The molecule has 164 valence electrons. The average molecular weight is 441 g/mol. The maximum absolute atomic E-state index is 12.0. The molecule has 0 aliphatic heterocycles. The molecule has 0 aliphatic rings. The van der Waals surface area contributed by atoms with E-state index in [1.165, 1.54) is 5.56 Å². The van der Waals surface area contributed by atoms with Gasteiger partial charge in [0.1, 0.15) is 5.75 Å². The van der Waals surface area contributed by atoms with Gasteiger partial charge < -0.3 is 19.7 Å². The SMILES string of the molecule is CCOc1ccc(CCNCc2c(C(=O)O)c(C)n(Cc3ccccc3Cl)c2C)cc1. The fourth-order valence-corrected chi connectivity index (χ4v) is 4.04. The van der Waals surface area contributed by atoms with E-state index in [1.54, 1.807) is 0 Å². The number of hydrogen-bond acceptors (Lipinski definition) is 3. The van der Waals surface area contributed by atoms with Crippen LogP contribution in [0.3, 0.4) is 0 Å². The van der Waals surface area contributed by atoms with E-state index < -0.39 is 5.97 Å². The van der Waals surface area contributed by atoms with E-state index >= 15 is 0 Å². The van der Waals surface area contributed by atoms with E-state index in [-0.39, 0.29) is 0 Å². The van der Waals surface area contributed by atoms with Crippen LogP contribution in [-0.4, -0.2) is 28.8 Å². The highest BCUT2D eigenvalue weighted by Crippen LogP contribution is 2.26. The molecule has 0 fully saturated rings. The maximum atomic E-state index is 12.0. The first-order chi connectivity index (χ1) is 14.9. The van der Waals surface area contributed by atoms with Crippen LogP contribution in [0.15, 0.2) is 48.5 Å². The van der Waals surface area contributed by atoms with Crippen molar-refractivity contribution in [2.45, 2.75) is 40.3 Å². The van der Waals surface area contributed by atoms with Gasteiger partial charge in [0.05, 0.1) is 12.2 Å². The monoisotopic (exact) mass is 440 g/mol. The van der Waals surface area contributed by atoms with E-state index in [0.29, 0.717) is 30.3 Å². The van der Waals surface area contributed by atoms with Crippen molar-refractivity contribution in [1.82, 2.24) is 9.88 Å². The van der Waals surface area contributed by atoms with Crippen LogP contribution in [0.4, 0.5) is 0 Å². The number of benzene rings is 2. The summed E-state index contributed by atoms with van der Waals surface area (Å²) >= 11 is 6.33. The molecule has 3 aromatic rings. The standard InChI is InChI=1S/C25H29ClN2O3/c1-4-31-21-11-9-19(10-12-21)13-14-27-15-22-17(2)28(18(3)24(22)25(29)30)16-20-7-5-6-8-23(20)26/h5-12,27H,4,13-16H2,1-3H3,(H,29,30). The predicted molar refractivity (Wildman–Crippen MR) is 124 cm³/mol. The first-order valence-corrected chi connectivity index (χ1v) is 10.9. The van der Waals surface area contributed by atoms with E-state index in [0.717, 1.165) is 41.2 Å². The zero-order chi connectivity index (χ0) is 22.4. The number of hydrogen-bond donors (Lipinski definition) is 2. The van der Waals surface area contributed by atoms with Crippen LogP contribution in [-0.2, 0) is 19.5 Å². The molecule has 0 bridgehead atoms. The molecule has 0 saturated heterocycles. The van der Waals surface area contributed by atoms with Crippen molar-refractivity contribution in [2.75, 3.05) is 13.2 Å². The Bertz CT molecular complexity index is 1040. The molecule has 0 radical (unpaired) electrons. The predicted octanol–water partition coefficient (Wildman–Crippen LogP) is 5.24. The summed E-state index contributed by atoms with van der Waals surface area (Å²) in [4.78, 5) is 12.0. The highest BCUT2D eigenvalue weighted by atomic mass is 35.5. The molecule has 0 unspecified atom stereocenters. The smallest absolute Gasteiger partial charge is 0.337 e. The first kappa shape index (κ1) is 22.9. The fraction of sp³-hybridized carbons (Fsp3) is 0.320. The Hall–Kier alpha value is -2.76. The lowest BCUT2D eigenvalue weighted by molar-refractivity contribution is 0.0694. The van der Waals surface area contributed by atoms with Gasteiger partial charge in [-0.05, 0) is 63.1 Å². The lowest BCUT2D eigenvalue weighted by Gasteiger charge is -2.11. The number of nitrogens with one attached hydrogen (secondary N) is 1. The van der Waals surface area contributed by atoms with Crippen LogP contribution >= 0.6 is 11.6 Å². The summed E-state index contributed by atoms with van der Waals surface area (Å²) in [5.74, 6) is -0.0295. The Kier molecular flexibility index (Phi) is 7.77. The largest absolute Gasteiger partial charge is 0.494 e. The Morgan fingerprint density at radius 3 is 2.45 bits per heavy atom. The number of aromatic carboxylic acids is 1. The summed E-state index contributed by atoms with van der Waals surface area (Å²) in [5, 5.41) is 13.9. The van der Waals surface area contributed by atoms with Gasteiger partial charge in [0.25, 0.3) is 0 Å². The number of ether oxygens (including phenoxy) is 1. The van der Waals surface area contributed by atoms with Gasteiger partial charge in [0, 0.05) is 35.1 Å². The summed E-state index contributed by atoms with van der Waals surface area (Å²) in [5.41, 5.74) is 5.06. The number of carbonyl (C=O) groups is 1. The van der Waals surface area contributed by atoms with Crippen molar-refractivity contribution in [2.24, 2.45) is 0 Å². The third-order valence-electron chi connectivity index (χ3n) is 5.54. The summed E-state index contributed by atoms with van der Waals surface area (Å²) < 4.78 is 7.51. The molecular weight excluding hydrogens is 412 g/mol.